The van der Waals surface area contributed by atoms with E-state index in [0.717, 1.165) is 42.9 Å². The number of nitrogens with one attached hydrogen (secondary N) is 2. The predicted molar refractivity (Wildman–Crippen MR) is 137 cm³/mol. The zero-order chi connectivity index (χ0) is 25.1. The molecule has 11 nitrogen and oxygen atoms in total. The highest BCUT2D eigenvalue weighted by Crippen LogP contribution is 2.34. The summed E-state index contributed by atoms with van der Waals surface area (Å²) in [5, 5.41) is 29.0. The molecule has 0 spiro atoms. The molecular formula is C24H26N6O5S. The minimum absolute atomic E-state index is 0.0149. The Hall–Kier alpha value is -3.71. The first kappa shape index (κ1) is 24.0. The van der Waals surface area contributed by atoms with Crippen LogP contribution in [0.25, 0.3) is 15.9 Å². The summed E-state index contributed by atoms with van der Waals surface area (Å²) in [7, 11) is 0. The smallest absolute Gasteiger partial charge is 0.275 e. The Labute approximate surface area is 210 Å². The predicted octanol–water partition coefficient (Wildman–Crippen LogP) is 3.03. The van der Waals surface area contributed by atoms with Gasteiger partial charge in [0.25, 0.3) is 5.91 Å². The number of amides is 1. The number of piperazine rings is 1. The van der Waals surface area contributed by atoms with Crippen molar-refractivity contribution in [3.05, 3.63) is 53.4 Å². The third kappa shape index (κ3) is 4.97. The van der Waals surface area contributed by atoms with E-state index >= 15 is 0 Å². The van der Waals surface area contributed by atoms with Crippen molar-refractivity contribution in [2.75, 3.05) is 49.6 Å². The van der Waals surface area contributed by atoms with Crippen molar-refractivity contribution in [3.8, 4) is 16.8 Å². The maximum atomic E-state index is 13.1. The van der Waals surface area contributed by atoms with E-state index in [-0.39, 0.29) is 30.7 Å². The quantitative estimate of drug-likeness (QED) is 0.160. The third-order valence-electron chi connectivity index (χ3n) is 5.86. The molecule has 0 radical (unpaired) electrons. The minimum atomic E-state index is -0.350. The summed E-state index contributed by atoms with van der Waals surface area (Å²) < 4.78 is 7.03. The lowest BCUT2D eigenvalue weighted by molar-refractivity contribution is -0.245. The van der Waals surface area contributed by atoms with Crippen LogP contribution in [0.3, 0.4) is 0 Å². The summed E-state index contributed by atoms with van der Waals surface area (Å²) in [6.07, 6.45) is 3.42. The number of aromatic nitrogens is 3. The monoisotopic (exact) mass is 510 g/mol. The summed E-state index contributed by atoms with van der Waals surface area (Å²) in [6, 6.07) is 7.24. The van der Waals surface area contributed by atoms with Crippen LogP contribution in [0.15, 0.2) is 42.0 Å². The fraction of sp³-hybridized carbons (Fsp3) is 0.292. The standard InChI is InChI=1S/C24H26N6O5S/c1-15-10-21(29-6-4-25-5-7-29)19(12-26-15)27-22(31)20-14-36-24(28-20)30-13-16-2-3-17(34-8-9-35-33)11-18(16)23(30)32/h2-3,10-14,25,32-33H,4-9H2,1H3,(H,27,31). The molecule has 1 amide bonds. The lowest BCUT2D eigenvalue weighted by atomic mass is 10.2. The maximum absolute atomic E-state index is 13.1. The summed E-state index contributed by atoms with van der Waals surface area (Å²) >= 11 is 1.25. The molecule has 1 aliphatic rings. The van der Waals surface area contributed by atoms with Crippen LogP contribution in [-0.2, 0) is 4.89 Å². The van der Waals surface area contributed by atoms with Crippen molar-refractivity contribution in [1.29, 1.82) is 0 Å². The first-order valence-electron chi connectivity index (χ1n) is 11.5. The summed E-state index contributed by atoms with van der Waals surface area (Å²) in [5.74, 6) is 0.162. The second kappa shape index (κ2) is 10.5. The van der Waals surface area contributed by atoms with Crippen molar-refractivity contribution >= 4 is 39.4 Å². The zero-order valence-electron chi connectivity index (χ0n) is 19.6. The van der Waals surface area contributed by atoms with E-state index in [1.165, 1.54) is 15.9 Å². The number of aryl methyl sites for hydroxylation is 1. The number of carbonyl (C=O) groups is 1. The van der Waals surface area contributed by atoms with Crippen molar-refractivity contribution in [1.82, 2.24) is 19.9 Å². The molecule has 4 aromatic rings. The fourth-order valence-electron chi connectivity index (χ4n) is 4.08. The summed E-state index contributed by atoms with van der Waals surface area (Å²) in [4.78, 5) is 28.1. The largest absolute Gasteiger partial charge is 0.494 e. The van der Waals surface area contributed by atoms with Crippen LogP contribution >= 0.6 is 11.3 Å². The van der Waals surface area contributed by atoms with E-state index in [1.807, 2.05) is 19.1 Å². The van der Waals surface area contributed by atoms with Crippen molar-refractivity contribution in [3.63, 3.8) is 0 Å². The molecule has 36 heavy (non-hydrogen) atoms. The van der Waals surface area contributed by atoms with Crippen LogP contribution < -0.4 is 20.3 Å². The Morgan fingerprint density at radius 2 is 2.08 bits per heavy atom. The van der Waals surface area contributed by atoms with Gasteiger partial charge in [0.1, 0.15) is 24.7 Å². The number of benzene rings is 1. The average Bonchev–Trinajstić information content (AvgIpc) is 3.51. The Balaban J connectivity index is 1.36. The van der Waals surface area contributed by atoms with Crippen LogP contribution in [0.5, 0.6) is 11.6 Å². The Morgan fingerprint density at radius 1 is 1.25 bits per heavy atom. The maximum Gasteiger partial charge on any atom is 0.275 e. The van der Waals surface area contributed by atoms with Crippen molar-refractivity contribution in [2.45, 2.75) is 6.92 Å². The first-order chi connectivity index (χ1) is 17.5. The second-order valence-electron chi connectivity index (χ2n) is 8.30. The van der Waals surface area contributed by atoms with Crippen LogP contribution in [0.4, 0.5) is 11.4 Å². The number of thiazole rings is 1. The van der Waals surface area contributed by atoms with Gasteiger partial charge in [0.05, 0.1) is 17.6 Å². The van der Waals surface area contributed by atoms with Gasteiger partial charge in [-0.1, -0.05) is 0 Å². The molecule has 0 saturated carbocycles. The topological polar surface area (TPSA) is 134 Å². The van der Waals surface area contributed by atoms with Crippen molar-refractivity contribution < 1.29 is 24.8 Å². The number of aromatic hydroxyl groups is 1. The van der Waals surface area contributed by atoms with Gasteiger partial charge in [0, 0.05) is 54.2 Å². The molecule has 0 bridgehead atoms. The molecule has 1 aliphatic heterocycles. The van der Waals surface area contributed by atoms with E-state index in [4.69, 9.17) is 9.99 Å². The molecular weight excluding hydrogens is 484 g/mol. The number of fused-ring (bicyclic) bond motifs is 1. The van der Waals surface area contributed by atoms with Gasteiger partial charge in [0.2, 0.25) is 5.88 Å². The molecule has 4 heterocycles. The van der Waals surface area contributed by atoms with E-state index in [1.54, 1.807) is 29.9 Å². The molecule has 3 aromatic heterocycles. The van der Waals surface area contributed by atoms with Gasteiger partial charge >= 0.3 is 0 Å². The Bertz CT molecular complexity index is 1380. The van der Waals surface area contributed by atoms with Crippen molar-refractivity contribution in [2.24, 2.45) is 0 Å². The number of hydrogen-bond acceptors (Lipinski definition) is 10. The van der Waals surface area contributed by atoms with E-state index < -0.39 is 0 Å². The molecule has 0 aliphatic carbocycles. The number of ether oxygens (including phenoxy) is 1. The minimum Gasteiger partial charge on any atom is -0.494 e. The molecule has 1 saturated heterocycles. The van der Waals surface area contributed by atoms with Gasteiger partial charge in [0.15, 0.2) is 5.13 Å². The SMILES string of the molecule is Cc1cc(N2CCNCC2)c(NC(=O)c2csc(-n3cc4ccc(OCCOO)cc4c3O)n2)cn1. The molecule has 188 valence electrons. The molecule has 0 unspecified atom stereocenters. The Morgan fingerprint density at radius 3 is 2.89 bits per heavy atom. The van der Waals surface area contributed by atoms with E-state index in [9.17, 15) is 9.90 Å². The highest BCUT2D eigenvalue weighted by Gasteiger charge is 2.20. The van der Waals surface area contributed by atoms with Crippen LogP contribution in [0.1, 0.15) is 16.2 Å². The molecule has 4 N–H and O–H groups in total. The molecule has 1 fully saturated rings. The van der Waals surface area contributed by atoms with Crippen LogP contribution in [0, 0.1) is 6.92 Å². The average molecular weight is 511 g/mol. The van der Waals surface area contributed by atoms with Crippen LogP contribution in [-0.4, -0.2) is 70.2 Å². The summed E-state index contributed by atoms with van der Waals surface area (Å²) in [5.41, 5.74) is 2.69. The van der Waals surface area contributed by atoms with E-state index in [2.05, 4.69) is 30.4 Å². The number of carbonyl (C=O) groups excluding carboxylic acids is 1. The highest BCUT2D eigenvalue weighted by atomic mass is 32.1. The van der Waals surface area contributed by atoms with Gasteiger partial charge in [-0.3, -0.25) is 19.6 Å². The van der Waals surface area contributed by atoms with Gasteiger partial charge in [-0.15, -0.1) is 11.3 Å². The normalized spacial score (nSPS) is 13.8. The third-order valence-corrected chi connectivity index (χ3v) is 6.70. The number of rotatable bonds is 8. The van der Waals surface area contributed by atoms with Crippen LogP contribution in [0.2, 0.25) is 0 Å². The molecule has 12 heteroatoms. The van der Waals surface area contributed by atoms with E-state index in [0.29, 0.717) is 22.0 Å². The Kier molecular flexibility index (Phi) is 7.00. The highest BCUT2D eigenvalue weighted by molar-refractivity contribution is 7.12. The zero-order valence-corrected chi connectivity index (χ0v) is 20.4. The number of nitrogens with zero attached hydrogens (tertiary/aromatic N) is 4. The first-order valence-corrected chi connectivity index (χ1v) is 12.3. The number of pyridine rings is 1. The van der Waals surface area contributed by atoms with Gasteiger partial charge in [-0.2, -0.15) is 0 Å². The number of anilines is 2. The second-order valence-corrected chi connectivity index (χ2v) is 9.14. The van der Waals surface area contributed by atoms with Gasteiger partial charge in [-0.05, 0) is 31.2 Å². The fourth-order valence-corrected chi connectivity index (χ4v) is 4.86. The van der Waals surface area contributed by atoms with Gasteiger partial charge < -0.3 is 25.4 Å². The molecule has 5 rings (SSSR count). The lowest BCUT2D eigenvalue weighted by Crippen LogP contribution is -2.43. The number of hydrogen-bond donors (Lipinski definition) is 4. The van der Waals surface area contributed by atoms with Gasteiger partial charge in [-0.25, -0.2) is 9.87 Å². The summed E-state index contributed by atoms with van der Waals surface area (Å²) in [6.45, 7) is 5.57. The molecule has 1 aromatic carbocycles. The molecule has 0 atom stereocenters. The lowest BCUT2D eigenvalue weighted by Gasteiger charge is -2.31.